The number of hydrogen-bond acceptors (Lipinski definition) is 0. The first-order valence-corrected chi connectivity index (χ1v) is 5.89. The third-order valence-corrected chi connectivity index (χ3v) is 2.91. The summed E-state index contributed by atoms with van der Waals surface area (Å²) in [6.45, 7) is 0. The van der Waals surface area contributed by atoms with Crippen LogP contribution in [-0.2, 0) is 0 Å². The number of rotatable bonds is 0. The molecule has 0 amide bonds. The lowest BCUT2D eigenvalue weighted by atomic mass is 10.1. The molecule has 0 aliphatic heterocycles. The highest BCUT2D eigenvalue weighted by molar-refractivity contribution is 9.10. The third kappa shape index (κ3) is 2.96. The molecule has 0 heterocycles. The van der Waals surface area contributed by atoms with E-state index in [1.54, 1.807) is 0 Å². The van der Waals surface area contributed by atoms with Gasteiger partial charge in [0, 0.05) is 6.07 Å². The molecule has 0 fully saturated rings. The quantitative estimate of drug-likeness (QED) is 0.382. The summed E-state index contributed by atoms with van der Waals surface area (Å²) in [5, 5.41) is 0. The van der Waals surface area contributed by atoms with Gasteiger partial charge in [-0.05, 0) is 40.2 Å². The zero-order valence-electron chi connectivity index (χ0n) is 9.28. The molecule has 0 spiro atoms. The van der Waals surface area contributed by atoms with Crippen molar-refractivity contribution < 1.29 is 17.6 Å². The SMILES string of the molecule is Fc1ccc(C#Cc2c(F)ccc(Br)c2F)c(F)c1. The van der Waals surface area contributed by atoms with Crippen molar-refractivity contribution in [1.29, 1.82) is 0 Å². The number of benzene rings is 2. The summed E-state index contributed by atoms with van der Waals surface area (Å²) in [6, 6.07) is 5.01. The van der Waals surface area contributed by atoms with Crippen LogP contribution in [0.1, 0.15) is 11.1 Å². The third-order valence-electron chi connectivity index (χ3n) is 2.30. The van der Waals surface area contributed by atoms with Crippen molar-refractivity contribution in [1.82, 2.24) is 0 Å². The van der Waals surface area contributed by atoms with Crippen LogP contribution in [0.5, 0.6) is 0 Å². The second-order valence-electron chi connectivity index (χ2n) is 3.59. The van der Waals surface area contributed by atoms with Gasteiger partial charge in [0.2, 0.25) is 0 Å². The Morgan fingerprint density at radius 2 is 1.58 bits per heavy atom. The van der Waals surface area contributed by atoms with Gasteiger partial charge in [0.15, 0.2) is 5.82 Å². The van der Waals surface area contributed by atoms with E-state index in [1.807, 2.05) is 0 Å². The van der Waals surface area contributed by atoms with Crippen LogP contribution in [0.25, 0.3) is 0 Å². The zero-order chi connectivity index (χ0) is 14.0. The highest BCUT2D eigenvalue weighted by Gasteiger charge is 2.10. The lowest BCUT2D eigenvalue weighted by Gasteiger charge is -1.99. The molecule has 0 radical (unpaired) electrons. The Labute approximate surface area is 115 Å². The Bertz CT molecular complexity index is 699. The van der Waals surface area contributed by atoms with Gasteiger partial charge in [0.25, 0.3) is 0 Å². The average Bonchev–Trinajstić information content (AvgIpc) is 2.36. The number of hydrogen-bond donors (Lipinski definition) is 0. The van der Waals surface area contributed by atoms with Crippen LogP contribution in [0.15, 0.2) is 34.8 Å². The van der Waals surface area contributed by atoms with Gasteiger partial charge >= 0.3 is 0 Å². The summed E-state index contributed by atoms with van der Waals surface area (Å²) < 4.78 is 53.0. The van der Waals surface area contributed by atoms with Crippen LogP contribution in [0.4, 0.5) is 17.6 Å². The van der Waals surface area contributed by atoms with Crippen molar-refractivity contribution in [2.45, 2.75) is 0 Å². The van der Waals surface area contributed by atoms with Crippen LogP contribution in [0.3, 0.4) is 0 Å². The van der Waals surface area contributed by atoms with E-state index in [-0.39, 0.29) is 10.0 Å². The first-order chi connectivity index (χ1) is 8.99. The molecule has 0 aromatic heterocycles. The maximum atomic E-state index is 13.6. The van der Waals surface area contributed by atoms with Crippen molar-refractivity contribution >= 4 is 15.9 Å². The lowest BCUT2D eigenvalue weighted by molar-refractivity contribution is 0.572. The van der Waals surface area contributed by atoms with Gasteiger partial charge < -0.3 is 0 Å². The maximum absolute atomic E-state index is 13.6. The fourth-order valence-electron chi connectivity index (χ4n) is 1.36. The molecule has 0 aliphatic carbocycles. The normalized spacial score (nSPS) is 9.95. The van der Waals surface area contributed by atoms with Crippen LogP contribution in [0, 0.1) is 35.1 Å². The van der Waals surface area contributed by atoms with E-state index < -0.39 is 28.8 Å². The molecule has 0 bridgehead atoms. The largest absolute Gasteiger partial charge is 0.207 e. The standard InChI is InChI=1S/C14H5BrF4/c15-11-5-6-12(17)10(14(11)19)4-2-8-1-3-9(16)7-13(8)18/h1,3,5-7H. The zero-order valence-corrected chi connectivity index (χ0v) is 10.9. The smallest absolute Gasteiger partial charge is 0.155 e. The topological polar surface area (TPSA) is 0 Å². The Hall–Kier alpha value is -1.80. The van der Waals surface area contributed by atoms with Crippen LogP contribution in [-0.4, -0.2) is 0 Å². The molecule has 0 unspecified atom stereocenters. The predicted octanol–water partition coefficient (Wildman–Crippen LogP) is 4.41. The fourth-order valence-corrected chi connectivity index (χ4v) is 1.69. The molecule has 2 rings (SSSR count). The van der Waals surface area contributed by atoms with Crippen LogP contribution in [0.2, 0.25) is 0 Å². The first kappa shape index (κ1) is 13.6. The van der Waals surface area contributed by atoms with Gasteiger partial charge in [-0.3, -0.25) is 0 Å². The minimum Gasteiger partial charge on any atom is -0.207 e. The van der Waals surface area contributed by atoms with E-state index in [9.17, 15) is 17.6 Å². The molecule has 0 N–H and O–H groups in total. The molecule has 19 heavy (non-hydrogen) atoms. The summed E-state index contributed by atoms with van der Waals surface area (Å²) in [5.41, 5.74) is -0.613. The first-order valence-electron chi connectivity index (χ1n) is 5.09. The van der Waals surface area contributed by atoms with E-state index in [4.69, 9.17) is 0 Å². The van der Waals surface area contributed by atoms with Crippen LogP contribution < -0.4 is 0 Å². The van der Waals surface area contributed by atoms with Crippen LogP contribution >= 0.6 is 15.9 Å². The maximum Gasteiger partial charge on any atom is 0.155 e. The predicted molar refractivity (Wildman–Crippen MR) is 66.4 cm³/mol. The van der Waals surface area contributed by atoms with Gasteiger partial charge in [-0.1, -0.05) is 11.8 Å². The van der Waals surface area contributed by atoms with E-state index in [0.29, 0.717) is 6.07 Å². The van der Waals surface area contributed by atoms with E-state index >= 15 is 0 Å². The van der Waals surface area contributed by atoms with Crippen molar-refractivity contribution in [3.63, 3.8) is 0 Å². The van der Waals surface area contributed by atoms with E-state index in [0.717, 1.165) is 18.2 Å². The van der Waals surface area contributed by atoms with Gasteiger partial charge in [-0.2, -0.15) is 0 Å². The molecule has 0 aliphatic rings. The number of halogens is 5. The monoisotopic (exact) mass is 328 g/mol. The summed E-state index contributed by atoms with van der Waals surface area (Å²) in [7, 11) is 0. The summed E-state index contributed by atoms with van der Waals surface area (Å²) in [4.78, 5) is 0. The Kier molecular flexibility index (Phi) is 3.91. The van der Waals surface area contributed by atoms with Gasteiger partial charge in [0.1, 0.15) is 17.5 Å². The Balaban J connectivity index is 2.48. The molecule has 0 saturated carbocycles. The Morgan fingerprint density at radius 1 is 0.842 bits per heavy atom. The molecule has 2 aromatic carbocycles. The Morgan fingerprint density at radius 3 is 2.26 bits per heavy atom. The van der Waals surface area contributed by atoms with Gasteiger partial charge in [-0.15, -0.1) is 0 Å². The molecular formula is C14H5BrF4. The highest BCUT2D eigenvalue weighted by Crippen LogP contribution is 2.21. The lowest BCUT2D eigenvalue weighted by Crippen LogP contribution is -1.92. The van der Waals surface area contributed by atoms with Crippen molar-refractivity contribution in [3.8, 4) is 11.8 Å². The minimum absolute atomic E-state index is 0.0535. The van der Waals surface area contributed by atoms with Crippen molar-refractivity contribution in [2.75, 3.05) is 0 Å². The molecule has 2 aromatic rings. The van der Waals surface area contributed by atoms with Gasteiger partial charge in [0.05, 0.1) is 15.6 Å². The molecule has 0 atom stereocenters. The molecule has 5 heteroatoms. The fraction of sp³-hybridized carbons (Fsp3) is 0. The summed E-state index contributed by atoms with van der Waals surface area (Å²) in [6.07, 6.45) is 0. The van der Waals surface area contributed by atoms with Crippen molar-refractivity contribution in [2.24, 2.45) is 0 Å². The molecule has 96 valence electrons. The second-order valence-corrected chi connectivity index (χ2v) is 4.45. The van der Waals surface area contributed by atoms with E-state index in [1.165, 1.54) is 6.07 Å². The molecule has 0 saturated heterocycles. The van der Waals surface area contributed by atoms with Gasteiger partial charge in [-0.25, -0.2) is 17.6 Å². The highest BCUT2D eigenvalue weighted by atomic mass is 79.9. The summed E-state index contributed by atoms with van der Waals surface area (Å²) >= 11 is 2.90. The average molecular weight is 329 g/mol. The summed E-state index contributed by atoms with van der Waals surface area (Å²) in [5.74, 6) is 1.13. The minimum atomic E-state index is -0.886. The molecule has 0 nitrogen and oxygen atoms in total. The molecular weight excluding hydrogens is 324 g/mol. The second kappa shape index (κ2) is 5.45. The van der Waals surface area contributed by atoms with E-state index in [2.05, 4.69) is 27.8 Å². The van der Waals surface area contributed by atoms with Crippen molar-refractivity contribution in [3.05, 3.63) is 69.2 Å².